The summed E-state index contributed by atoms with van der Waals surface area (Å²) in [5, 5.41) is 0.500. The third-order valence-electron chi connectivity index (χ3n) is 3.96. The van der Waals surface area contributed by atoms with Gasteiger partial charge in [-0.25, -0.2) is 0 Å². The minimum atomic E-state index is -0.115. The highest BCUT2D eigenvalue weighted by atomic mass is 16.5. The standard InChI is InChI=1S/C18H18N2O3/c1-20-15(11-5-4-6-12(7-11)22-2)10-17(21)18-14(19)8-13(23-3)9-16(18)20/h4-10H,19H2,1-3H3. The van der Waals surface area contributed by atoms with Gasteiger partial charge >= 0.3 is 0 Å². The van der Waals surface area contributed by atoms with E-state index in [1.165, 1.54) is 0 Å². The van der Waals surface area contributed by atoms with Gasteiger partial charge < -0.3 is 19.8 Å². The van der Waals surface area contributed by atoms with Gasteiger partial charge in [-0.3, -0.25) is 4.79 Å². The number of pyridine rings is 1. The molecule has 3 aromatic rings. The van der Waals surface area contributed by atoms with Crippen molar-refractivity contribution in [3.8, 4) is 22.8 Å². The highest BCUT2D eigenvalue weighted by Crippen LogP contribution is 2.29. The molecule has 0 spiro atoms. The number of benzene rings is 2. The largest absolute Gasteiger partial charge is 0.497 e. The molecule has 5 nitrogen and oxygen atoms in total. The fourth-order valence-corrected chi connectivity index (χ4v) is 2.76. The summed E-state index contributed by atoms with van der Waals surface area (Å²) in [4.78, 5) is 12.5. The molecule has 1 aromatic heterocycles. The molecule has 0 atom stereocenters. The first kappa shape index (κ1) is 15.0. The maximum atomic E-state index is 12.5. The smallest absolute Gasteiger partial charge is 0.192 e. The second-order valence-corrected chi connectivity index (χ2v) is 5.30. The molecular weight excluding hydrogens is 292 g/mol. The predicted octanol–water partition coefficient (Wildman–Crippen LogP) is 2.80. The number of hydrogen-bond donors (Lipinski definition) is 1. The van der Waals surface area contributed by atoms with E-state index < -0.39 is 0 Å². The van der Waals surface area contributed by atoms with E-state index in [1.54, 1.807) is 26.4 Å². The van der Waals surface area contributed by atoms with E-state index in [9.17, 15) is 4.79 Å². The number of nitrogens with zero attached hydrogens (tertiary/aromatic N) is 1. The number of nitrogen functional groups attached to an aromatic ring is 1. The first-order valence-corrected chi connectivity index (χ1v) is 7.17. The molecule has 0 bridgehead atoms. The van der Waals surface area contributed by atoms with E-state index in [1.807, 2.05) is 41.9 Å². The Kier molecular flexibility index (Phi) is 3.70. The molecule has 0 aliphatic rings. The zero-order chi connectivity index (χ0) is 16.6. The second kappa shape index (κ2) is 5.68. The molecule has 0 radical (unpaired) electrons. The molecular formula is C18H18N2O3. The lowest BCUT2D eigenvalue weighted by atomic mass is 10.1. The monoisotopic (exact) mass is 310 g/mol. The SMILES string of the molecule is COc1cccc(-c2cc(=O)c3c(N)cc(OC)cc3n2C)c1. The molecule has 0 aliphatic heterocycles. The van der Waals surface area contributed by atoms with E-state index in [0.717, 1.165) is 22.5 Å². The van der Waals surface area contributed by atoms with Crippen LogP contribution in [-0.2, 0) is 7.05 Å². The van der Waals surface area contributed by atoms with Gasteiger partial charge in [-0.1, -0.05) is 12.1 Å². The third kappa shape index (κ3) is 2.50. The Morgan fingerprint density at radius 1 is 1.00 bits per heavy atom. The van der Waals surface area contributed by atoms with Crippen molar-refractivity contribution >= 4 is 16.6 Å². The molecule has 0 saturated carbocycles. The fourth-order valence-electron chi connectivity index (χ4n) is 2.76. The quantitative estimate of drug-likeness (QED) is 0.755. The van der Waals surface area contributed by atoms with Crippen molar-refractivity contribution in [2.75, 3.05) is 20.0 Å². The molecule has 0 fully saturated rings. The summed E-state index contributed by atoms with van der Waals surface area (Å²) in [6.07, 6.45) is 0. The number of aromatic nitrogens is 1. The van der Waals surface area contributed by atoms with E-state index in [-0.39, 0.29) is 5.43 Å². The van der Waals surface area contributed by atoms with Crippen LogP contribution in [0.15, 0.2) is 47.3 Å². The van der Waals surface area contributed by atoms with Crippen LogP contribution >= 0.6 is 0 Å². The lowest BCUT2D eigenvalue weighted by molar-refractivity contribution is 0.415. The van der Waals surface area contributed by atoms with Crippen LogP contribution in [0.1, 0.15) is 0 Å². The average Bonchev–Trinajstić information content (AvgIpc) is 2.57. The third-order valence-corrected chi connectivity index (χ3v) is 3.96. The predicted molar refractivity (Wildman–Crippen MR) is 92.1 cm³/mol. The van der Waals surface area contributed by atoms with Crippen LogP contribution in [0, 0.1) is 0 Å². The number of nitrogens with two attached hydrogens (primary N) is 1. The summed E-state index contributed by atoms with van der Waals surface area (Å²) in [5.74, 6) is 1.35. The number of aryl methyl sites for hydroxylation is 1. The normalized spacial score (nSPS) is 10.7. The molecule has 0 unspecified atom stereocenters. The van der Waals surface area contributed by atoms with E-state index in [2.05, 4.69) is 0 Å². The fraction of sp³-hybridized carbons (Fsp3) is 0.167. The van der Waals surface area contributed by atoms with Gasteiger partial charge in [0.2, 0.25) is 0 Å². The lowest BCUT2D eigenvalue weighted by Crippen LogP contribution is -2.11. The maximum absolute atomic E-state index is 12.5. The maximum Gasteiger partial charge on any atom is 0.192 e. The highest BCUT2D eigenvalue weighted by molar-refractivity contribution is 5.93. The van der Waals surface area contributed by atoms with Gasteiger partial charge in [0.1, 0.15) is 11.5 Å². The number of anilines is 1. The summed E-state index contributed by atoms with van der Waals surface area (Å²) >= 11 is 0. The van der Waals surface area contributed by atoms with E-state index >= 15 is 0 Å². The first-order valence-electron chi connectivity index (χ1n) is 7.17. The van der Waals surface area contributed by atoms with Gasteiger partial charge in [0.15, 0.2) is 5.43 Å². The topological polar surface area (TPSA) is 66.5 Å². The molecule has 3 rings (SSSR count). The van der Waals surface area contributed by atoms with Crippen LogP contribution < -0.4 is 20.6 Å². The van der Waals surface area contributed by atoms with Crippen LogP contribution in [0.3, 0.4) is 0 Å². The second-order valence-electron chi connectivity index (χ2n) is 5.30. The lowest BCUT2D eigenvalue weighted by Gasteiger charge is -2.15. The molecule has 0 aliphatic carbocycles. The summed E-state index contributed by atoms with van der Waals surface area (Å²) in [5.41, 5.74) is 8.73. The zero-order valence-electron chi connectivity index (χ0n) is 13.3. The minimum absolute atomic E-state index is 0.115. The Morgan fingerprint density at radius 3 is 2.43 bits per heavy atom. The molecule has 0 saturated heterocycles. The molecule has 2 aromatic carbocycles. The van der Waals surface area contributed by atoms with Gasteiger partial charge in [0.25, 0.3) is 0 Å². The Balaban J connectivity index is 2.35. The number of rotatable bonds is 3. The molecule has 5 heteroatoms. The van der Waals surface area contributed by atoms with Crippen molar-refractivity contribution in [1.29, 1.82) is 0 Å². The zero-order valence-corrected chi connectivity index (χ0v) is 13.3. The summed E-state index contributed by atoms with van der Waals surface area (Å²) in [6.45, 7) is 0. The van der Waals surface area contributed by atoms with Crippen LogP contribution in [0.25, 0.3) is 22.2 Å². The van der Waals surface area contributed by atoms with Crippen molar-refractivity contribution in [1.82, 2.24) is 4.57 Å². The van der Waals surface area contributed by atoms with Gasteiger partial charge in [-0.2, -0.15) is 0 Å². The Bertz CT molecular complexity index is 945. The van der Waals surface area contributed by atoms with Crippen molar-refractivity contribution in [3.63, 3.8) is 0 Å². The number of fused-ring (bicyclic) bond motifs is 1. The molecule has 118 valence electrons. The van der Waals surface area contributed by atoms with Crippen molar-refractivity contribution in [3.05, 3.63) is 52.7 Å². The Morgan fingerprint density at radius 2 is 1.74 bits per heavy atom. The summed E-state index contributed by atoms with van der Waals surface area (Å²) in [6, 6.07) is 12.7. The van der Waals surface area contributed by atoms with E-state index in [4.69, 9.17) is 15.2 Å². The first-order chi connectivity index (χ1) is 11.0. The molecule has 1 heterocycles. The van der Waals surface area contributed by atoms with Crippen LogP contribution in [0.2, 0.25) is 0 Å². The van der Waals surface area contributed by atoms with Crippen LogP contribution in [0.4, 0.5) is 5.69 Å². The van der Waals surface area contributed by atoms with Crippen molar-refractivity contribution in [2.24, 2.45) is 7.05 Å². The minimum Gasteiger partial charge on any atom is -0.497 e. The van der Waals surface area contributed by atoms with Gasteiger partial charge in [-0.05, 0) is 12.1 Å². The summed E-state index contributed by atoms with van der Waals surface area (Å²) in [7, 11) is 5.09. The Labute approximate surface area is 133 Å². The average molecular weight is 310 g/mol. The van der Waals surface area contributed by atoms with Crippen molar-refractivity contribution in [2.45, 2.75) is 0 Å². The van der Waals surface area contributed by atoms with Gasteiger partial charge in [0, 0.05) is 36.5 Å². The van der Waals surface area contributed by atoms with Gasteiger partial charge in [0.05, 0.1) is 30.8 Å². The number of ether oxygens (including phenoxy) is 2. The van der Waals surface area contributed by atoms with Gasteiger partial charge in [-0.15, -0.1) is 0 Å². The molecule has 23 heavy (non-hydrogen) atoms. The molecule has 0 amide bonds. The van der Waals surface area contributed by atoms with Crippen LogP contribution in [0.5, 0.6) is 11.5 Å². The summed E-state index contributed by atoms with van der Waals surface area (Å²) < 4.78 is 12.5. The van der Waals surface area contributed by atoms with Crippen molar-refractivity contribution < 1.29 is 9.47 Å². The van der Waals surface area contributed by atoms with Crippen LogP contribution in [-0.4, -0.2) is 18.8 Å². The Hall–Kier alpha value is -2.95. The number of hydrogen-bond acceptors (Lipinski definition) is 4. The van der Waals surface area contributed by atoms with E-state index in [0.29, 0.717) is 16.8 Å². The highest BCUT2D eigenvalue weighted by Gasteiger charge is 2.12. The number of methoxy groups -OCH3 is 2. The molecule has 2 N–H and O–H groups in total.